The van der Waals surface area contributed by atoms with Crippen molar-refractivity contribution in [2.45, 2.75) is 24.9 Å². The lowest BCUT2D eigenvalue weighted by Gasteiger charge is -2.13. The van der Waals surface area contributed by atoms with E-state index in [1.165, 1.54) is 11.3 Å². The van der Waals surface area contributed by atoms with Gasteiger partial charge in [-0.2, -0.15) is 4.72 Å². The maximum absolute atomic E-state index is 12.4. The molecule has 114 valence electrons. The number of nitrogen functional groups attached to an aromatic ring is 1. The van der Waals surface area contributed by atoms with Gasteiger partial charge in [0.1, 0.15) is 5.65 Å². The number of fused-ring (bicyclic) bond motifs is 1. The first-order valence-electron chi connectivity index (χ1n) is 6.39. The summed E-state index contributed by atoms with van der Waals surface area (Å²) >= 11 is 0. The number of likely N-dealkylation sites (N-methyl/N-ethyl adjacent to an activating group) is 1. The molecule has 2 aromatic heterocycles. The molecule has 0 fully saturated rings. The Morgan fingerprint density at radius 1 is 1.48 bits per heavy atom. The summed E-state index contributed by atoms with van der Waals surface area (Å²) in [6.07, 6.45) is 1.55. The van der Waals surface area contributed by atoms with Crippen LogP contribution in [0.25, 0.3) is 5.65 Å². The molecule has 2 aromatic rings. The highest BCUT2D eigenvalue weighted by atomic mass is 32.2. The number of anilines is 1. The van der Waals surface area contributed by atoms with Gasteiger partial charge in [-0.1, -0.05) is 6.07 Å². The second kappa shape index (κ2) is 5.70. The normalized spacial score (nSPS) is 13.2. The molecule has 2 heterocycles. The van der Waals surface area contributed by atoms with Gasteiger partial charge in [-0.3, -0.25) is 9.20 Å². The van der Waals surface area contributed by atoms with Crippen LogP contribution in [0.1, 0.15) is 13.8 Å². The van der Waals surface area contributed by atoms with Gasteiger partial charge >= 0.3 is 0 Å². The molecule has 2 rings (SSSR count). The topological polar surface area (TPSA) is 119 Å². The molecule has 9 heteroatoms. The van der Waals surface area contributed by atoms with Crippen molar-refractivity contribution in [2.24, 2.45) is 0 Å². The van der Waals surface area contributed by atoms with Crippen LogP contribution in [0.3, 0.4) is 0 Å². The third-order valence-electron chi connectivity index (χ3n) is 2.84. The predicted octanol–water partition coefficient (Wildman–Crippen LogP) is -0.281. The fraction of sp³-hybridized carbons (Fsp3) is 0.333. The monoisotopic (exact) mass is 311 g/mol. The number of nitrogens with zero attached hydrogens (tertiary/aromatic N) is 2. The Bertz CT molecular complexity index is 768. The van der Waals surface area contributed by atoms with Crippen molar-refractivity contribution in [1.82, 2.24) is 19.4 Å². The molecule has 0 aliphatic carbocycles. The SMILES string of the molecule is CCNC(=O)C(C)NS(=O)(=O)c1c(N)nc2ccccn12. The number of nitrogens with one attached hydrogen (secondary N) is 2. The van der Waals surface area contributed by atoms with Gasteiger partial charge in [0.05, 0.1) is 6.04 Å². The van der Waals surface area contributed by atoms with Crippen molar-refractivity contribution < 1.29 is 13.2 Å². The van der Waals surface area contributed by atoms with E-state index in [0.717, 1.165) is 0 Å². The molecule has 4 N–H and O–H groups in total. The first-order chi connectivity index (χ1) is 9.86. The molecule has 0 saturated carbocycles. The van der Waals surface area contributed by atoms with E-state index in [4.69, 9.17) is 5.73 Å². The number of amides is 1. The van der Waals surface area contributed by atoms with E-state index in [9.17, 15) is 13.2 Å². The van der Waals surface area contributed by atoms with E-state index < -0.39 is 22.0 Å². The van der Waals surface area contributed by atoms with Gasteiger partial charge in [0.2, 0.25) is 5.91 Å². The van der Waals surface area contributed by atoms with Crippen LogP contribution in [0.4, 0.5) is 5.82 Å². The van der Waals surface area contributed by atoms with Crippen molar-refractivity contribution in [3.8, 4) is 0 Å². The molecule has 0 aromatic carbocycles. The average Bonchev–Trinajstić information content (AvgIpc) is 2.74. The molecule has 1 unspecified atom stereocenters. The zero-order chi connectivity index (χ0) is 15.6. The fourth-order valence-corrected chi connectivity index (χ4v) is 3.35. The zero-order valence-corrected chi connectivity index (χ0v) is 12.5. The van der Waals surface area contributed by atoms with E-state index in [0.29, 0.717) is 12.2 Å². The lowest BCUT2D eigenvalue weighted by atomic mass is 10.3. The Balaban J connectivity index is 2.38. The summed E-state index contributed by atoms with van der Waals surface area (Å²) in [6.45, 7) is 3.63. The number of aromatic nitrogens is 2. The summed E-state index contributed by atoms with van der Waals surface area (Å²) in [7, 11) is -3.97. The highest BCUT2D eigenvalue weighted by Crippen LogP contribution is 2.19. The van der Waals surface area contributed by atoms with Gasteiger partial charge in [-0.05, 0) is 26.0 Å². The number of carbonyl (C=O) groups is 1. The maximum Gasteiger partial charge on any atom is 0.261 e. The lowest BCUT2D eigenvalue weighted by molar-refractivity contribution is -0.122. The van der Waals surface area contributed by atoms with Crippen LogP contribution in [0.15, 0.2) is 29.4 Å². The highest BCUT2D eigenvalue weighted by Gasteiger charge is 2.27. The van der Waals surface area contributed by atoms with Gasteiger partial charge in [-0.15, -0.1) is 0 Å². The molecule has 21 heavy (non-hydrogen) atoms. The summed E-state index contributed by atoms with van der Waals surface area (Å²) in [4.78, 5) is 15.6. The Morgan fingerprint density at radius 3 is 2.86 bits per heavy atom. The van der Waals surface area contributed by atoms with Crippen LogP contribution < -0.4 is 15.8 Å². The molecule has 8 nitrogen and oxygen atoms in total. The number of rotatable bonds is 5. The first-order valence-corrected chi connectivity index (χ1v) is 7.87. The molecule has 0 saturated heterocycles. The minimum absolute atomic E-state index is 0.114. The Hall–Kier alpha value is -2.13. The Morgan fingerprint density at radius 2 is 2.19 bits per heavy atom. The van der Waals surface area contributed by atoms with E-state index >= 15 is 0 Å². The summed E-state index contributed by atoms with van der Waals surface area (Å²) < 4.78 is 28.5. The zero-order valence-electron chi connectivity index (χ0n) is 11.7. The summed E-state index contributed by atoms with van der Waals surface area (Å²) in [5.74, 6) is -0.523. The van der Waals surface area contributed by atoms with Crippen LogP contribution >= 0.6 is 0 Å². The third-order valence-corrected chi connectivity index (χ3v) is 4.42. The Kier molecular flexibility index (Phi) is 4.14. The molecule has 0 radical (unpaired) electrons. The molecular formula is C12H17N5O3S. The molecular weight excluding hydrogens is 294 g/mol. The molecule has 0 aliphatic rings. The summed E-state index contributed by atoms with van der Waals surface area (Å²) in [5, 5.41) is 2.37. The molecule has 0 aliphatic heterocycles. The minimum atomic E-state index is -3.97. The third kappa shape index (κ3) is 2.98. The molecule has 0 bridgehead atoms. The lowest BCUT2D eigenvalue weighted by Crippen LogP contribution is -2.45. The van der Waals surface area contributed by atoms with E-state index in [1.54, 1.807) is 31.3 Å². The van der Waals surface area contributed by atoms with Crippen LogP contribution in [-0.2, 0) is 14.8 Å². The second-order valence-corrected chi connectivity index (χ2v) is 6.10. The summed E-state index contributed by atoms with van der Waals surface area (Å²) in [6, 6.07) is 4.12. The number of nitrogens with two attached hydrogens (primary N) is 1. The highest BCUT2D eigenvalue weighted by molar-refractivity contribution is 7.89. The van der Waals surface area contributed by atoms with Gasteiger partial charge in [0.25, 0.3) is 10.0 Å². The predicted molar refractivity (Wildman–Crippen MR) is 78.1 cm³/mol. The molecule has 1 amide bonds. The van der Waals surface area contributed by atoms with Crippen molar-refractivity contribution in [3.63, 3.8) is 0 Å². The fourth-order valence-electron chi connectivity index (χ4n) is 1.93. The van der Waals surface area contributed by atoms with E-state index in [-0.39, 0.29) is 10.8 Å². The van der Waals surface area contributed by atoms with Gasteiger partial charge in [0, 0.05) is 12.7 Å². The van der Waals surface area contributed by atoms with Crippen molar-refractivity contribution in [1.29, 1.82) is 0 Å². The van der Waals surface area contributed by atoms with Gasteiger partial charge < -0.3 is 11.1 Å². The van der Waals surface area contributed by atoms with Crippen molar-refractivity contribution in [2.75, 3.05) is 12.3 Å². The van der Waals surface area contributed by atoms with Crippen LogP contribution in [0.5, 0.6) is 0 Å². The van der Waals surface area contributed by atoms with E-state index in [1.807, 2.05) is 0 Å². The summed E-state index contributed by atoms with van der Waals surface area (Å²) in [5.41, 5.74) is 6.12. The average molecular weight is 311 g/mol. The number of hydrogen-bond donors (Lipinski definition) is 3. The largest absolute Gasteiger partial charge is 0.381 e. The number of carbonyl (C=O) groups excluding carboxylic acids is 1. The van der Waals surface area contributed by atoms with Crippen LogP contribution in [0, 0.1) is 0 Å². The maximum atomic E-state index is 12.4. The number of imidazole rings is 1. The van der Waals surface area contributed by atoms with Crippen LogP contribution in [-0.4, -0.2) is 36.3 Å². The van der Waals surface area contributed by atoms with Crippen LogP contribution in [0.2, 0.25) is 0 Å². The van der Waals surface area contributed by atoms with Gasteiger partial charge in [-0.25, -0.2) is 13.4 Å². The second-order valence-electron chi connectivity index (χ2n) is 4.47. The molecule has 1 atom stereocenters. The quantitative estimate of drug-likeness (QED) is 0.701. The number of sulfonamides is 1. The van der Waals surface area contributed by atoms with E-state index in [2.05, 4.69) is 15.0 Å². The first kappa shape index (κ1) is 15.3. The van der Waals surface area contributed by atoms with Crippen molar-refractivity contribution >= 4 is 27.4 Å². The minimum Gasteiger partial charge on any atom is -0.381 e. The Labute approximate surface area is 122 Å². The van der Waals surface area contributed by atoms with Crippen molar-refractivity contribution in [3.05, 3.63) is 24.4 Å². The number of hydrogen-bond acceptors (Lipinski definition) is 5. The van der Waals surface area contributed by atoms with Gasteiger partial charge in [0.15, 0.2) is 10.8 Å². The number of pyridine rings is 1. The smallest absolute Gasteiger partial charge is 0.261 e. The molecule has 0 spiro atoms. The standard InChI is InChI=1S/C12H17N5O3S/c1-3-14-11(18)8(2)16-21(19,20)12-10(13)15-9-6-4-5-7-17(9)12/h4-8,16H,3,13H2,1-2H3,(H,14,18).